The summed E-state index contributed by atoms with van der Waals surface area (Å²) in [6.07, 6.45) is 0. The van der Waals surface area contributed by atoms with Crippen molar-refractivity contribution in [3.63, 3.8) is 0 Å². The molecule has 0 aromatic heterocycles. The van der Waals surface area contributed by atoms with Crippen LogP contribution in [0.3, 0.4) is 0 Å². The maximum atomic E-state index is 6.78. The molecule has 1 fully saturated rings. The Balaban J connectivity index is 2.28. The zero-order valence-electron chi connectivity index (χ0n) is 17.5. The van der Waals surface area contributed by atoms with Crippen molar-refractivity contribution >= 4 is 20.9 Å². The van der Waals surface area contributed by atoms with Gasteiger partial charge in [0.2, 0.25) is 0 Å². The van der Waals surface area contributed by atoms with Gasteiger partial charge in [0.15, 0.2) is 0 Å². The molecule has 1 aliphatic heterocycles. The number of rotatable bonds is 6. The molecule has 5 heteroatoms. The van der Waals surface area contributed by atoms with E-state index in [4.69, 9.17) is 13.7 Å². The summed E-state index contributed by atoms with van der Waals surface area (Å²) in [4.78, 5) is 0. The van der Waals surface area contributed by atoms with Gasteiger partial charge in [-0.05, 0) is 60.6 Å². The second-order valence-electron chi connectivity index (χ2n) is 8.96. The van der Waals surface area contributed by atoms with Crippen molar-refractivity contribution in [1.82, 2.24) is 0 Å². The van der Waals surface area contributed by atoms with Crippen molar-refractivity contribution in [3.8, 4) is 5.75 Å². The zero-order chi connectivity index (χ0) is 19.0. The SMILES string of the molecule is Cc1cc(O[Si](C(C)C)(C(C)C)C(C)C)ccc1B1OCC(C)(C)O1. The molecule has 25 heavy (non-hydrogen) atoms. The Labute approximate surface area is 155 Å². The average Bonchev–Trinajstić information content (AvgIpc) is 2.83. The summed E-state index contributed by atoms with van der Waals surface area (Å²) in [6, 6.07) is 6.36. The predicted octanol–water partition coefficient (Wildman–Crippen LogP) is 5.07. The summed E-state index contributed by atoms with van der Waals surface area (Å²) in [6.45, 7) is 20.8. The van der Waals surface area contributed by atoms with Crippen LogP contribution >= 0.6 is 0 Å². The van der Waals surface area contributed by atoms with Crippen molar-refractivity contribution < 1.29 is 13.7 Å². The fraction of sp³-hybridized carbons (Fsp3) is 0.700. The summed E-state index contributed by atoms with van der Waals surface area (Å²) in [5, 5.41) is 0. The van der Waals surface area contributed by atoms with E-state index in [0.717, 1.165) is 11.2 Å². The van der Waals surface area contributed by atoms with Crippen molar-refractivity contribution in [2.45, 2.75) is 84.5 Å². The highest BCUT2D eigenvalue weighted by atomic mass is 28.4. The third-order valence-electron chi connectivity index (χ3n) is 5.51. The van der Waals surface area contributed by atoms with Gasteiger partial charge in [-0.3, -0.25) is 0 Å². The summed E-state index contributed by atoms with van der Waals surface area (Å²) >= 11 is 0. The Bertz CT molecular complexity index is 577. The summed E-state index contributed by atoms with van der Waals surface area (Å²) in [7, 11) is -2.20. The van der Waals surface area contributed by atoms with Crippen LogP contribution in [0.5, 0.6) is 5.75 Å². The van der Waals surface area contributed by atoms with E-state index in [9.17, 15) is 0 Å². The summed E-state index contributed by atoms with van der Waals surface area (Å²) < 4.78 is 18.6. The van der Waals surface area contributed by atoms with Gasteiger partial charge >= 0.3 is 7.12 Å². The Morgan fingerprint density at radius 1 is 1.04 bits per heavy atom. The molecule has 2 rings (SSSR count). The lowest BCUT2D eigenvalue weighted by Crippen LogP contribution is -2.50. The molecule has 140 valence electrons. The van der Waals surface area contributed by atoms with Crippen LogP contribution in [0.1, 0.15) is 61.0 Å². The van der Waals surface area contributed by atoms with Crippen molar-refractivity contribution in [2.24, 2.45) is 0 Å². The number of hydrogen-bond acceptors (Lipinski definition) is 3. The molecule has 0 aliphatic carbocycles. The van der Waals surface area contributed by atoms with E-state index < -0.39 is 8.32 Å². The first-order chi connectivity index (χ1) is 11.5. The Morgan fingerprint density at radius 3 is 2.00 bits per heavy atom. The minimum absolute atomic E-state index is 0.221. The van der Waals surface area contributed by atoms with Gasteiger partial charge in [-0.15, -0.1) is 0 Å². The topological polar surface area (TPSA) is 27.7 Å². The van der Waals surface area contributed by atoms with Gasteiger partial charge in [0.1, 0.15) is 5.75 Å². The first-order valence-corrected chi connectivity index (χ1v) is 11.7. The number of benzene rings is 1. The zero-order valence-corrected chi connectivity index (χ0v) is 18.5. The van der Waals surface area contributed by atoms with Crippen LogP contribution in [0.25, 0.3) is 0 Å². The quantitative estimate of drug-likeness (QED) is 0.661. The fourth-order valence-corrected chi connectivity index (χ4v) is 9.56. The van der Waals surface area contributed by atoms with Gasteiger partial charge in [0.25, 0.3) is 8.32 Å². The second kappa shape index (κ2) is 7.45. The fourth-order valence-electron chi connectivity index (χ4n) is 4.32. The van der Waals surface area contributed by atoms with Gasteiger partial charge in [-0.25, -0.2) is 0 Å². The standard InChI is InChI=1S/C20H35BO3Si/c1-14(2)25(15(3)4,16(5)6)23-18-10-11-19(17(7)12-18)21-22-13-20(8,9)24-21/h10-12,14-16H,13H2,1-9H3. The maximum absolute atomic E-state index is 6.78. The summed E-state index contributed by atoms with van der Waals surface area (Å²) in [5.74, 6) is 0.987. The molecule has 0 amide bonds. The lowest BCUT2D eigenvalue weighted by atomic mass is 9.76. The normalized spacial score (nSPS) is 17.8. The van der Waals surface area contributed by atoms with Crippen LogP contribution in [-0.4, -0.2) is 27.6 Å². The molecule has 1 aliphatic rings. The molecule has 0 atom stereocenters. The van der Waals surface area contributed by atoms with E-state index in [1.165, 1.54) is 5.56 Å². The van der Waals surface area contributed by atoms with E-state index in [1.54, 1.807) is 0 Å². The van der Waals surface area contributed by atoms with Gasteiger partial charge in [0.05, 0.1) is 12.2 Å². The molecule has 0 saturated carbocycles. The second-order valence-corrected chi connectivity index (χ2v) is 14.3. The third kappa shape index (κ3) is 4.15. The van der Waals surface area contributed by atoms with Crippen LogP contribution in [0.2, 0.25) is 16.6 Å². The van der Waals surface area contributed by atoms with E-state index in [0.29, 0.717) is 23.2 Å². The number of aryl methyl sites for hydroxylation is 1. The predicted molar refractivity (Wildman–Crippen MR) is 109 cm³/mol. The molecule has 0 radical (unpaired) electrons. The molecule has 1 heterocycles. The van der Waals surface area contributed by atoms with Crippen LogP contribution in [0.15, 0.2) is 18.2 Å². The highest BCUT2D eigenvalue weighted by Gasteiger charge is 2.47. The molecule has 3 nitrogen and oxygen atoms in total. The highest BCUT2D eigenvalue weighted by Crippen LogP contribution is 2.42. The lowest BCUT2D eigenvalue weighted by Gasteiger charge is -2.42. The van der Waals surface area contributed by atoms with E-state index in [1.807, 2.05) is 0 Å². The Hall–Kier alpha value is -0.778. The molecule has 0 unspecified atom stereocenters. The van der Waals surface area contributed by atoms with Crippen LogP contribution in [-0.2, 0) is 9.31 Å². The van der Waals surface area contributed by atoms with Crippen molar-refractivity contribution in [2.75, 3.05) is 6.61 Å². The molecule has 1 saturated heterocycles. The first-order valence-electron chi connectivity index (χ1n) is 9.58. The van der Waals surface area contributed by atoms with E-state index >= 15 is 0 Å². The first kappa shape index (κ1) is 20.5. The molecule has 0 bridgehead atoms. The molecule has 0 spiro atoms. The van der Waals surface area contributed by atoms with Gasteiger partial charge in [-0.1, -0.05) is 47.6 Å². The molecular formula is C20H35BO3Si. The average molecular weight is 362 g/mol. The largest absolute Gasteiger partial charge is 0.543 e. The molecule has 0 N–H and O–H groups in total. The summed E-state index contributed by atoms with van der Waals surface area (Å²) in [5.41, 5.74) is 3.74. The monoisotopic (exact) mass is 362 g/mol. The van der Waals surface area contributed by atoms with E-state index in [2.05, 4.69) is 80.5 Å². The maximum Gasteiger partial charge on any atom is 0.494 e. The Morgan fingerprint density at radius 2 is 1.60 bits per heavy atom. The van der Waals surface area contributed by atoms with Gasteiger partial charge in [-0.2, -0.15) is 0 Å². The van der Waals surface area contributed by atoms with Gasteiger partial charge in [0, 0.05) is 0 Å². The number of hydrogen-bond donors (Lipinski definition) is 0. The molecular weight excluding hydrogens is 327 g/mol. The Kier molecular flexibility index (Phi) is 6.12. The molecule has 1 aromatic rings. The van der Waals surface area contributed by atoms with Crippen LogP contribution < -0.4 is 9.89 Å². The minimum Gasteiger partial charge on any atom is -0.543 e. The highest BCUT2D eigenvalue weighted by molar-refractivity contribution is 6.78. The van der Waals surface area contributed by atoms with Crippen LogP contribution in [0, 0.1) is 6.92 Å². The van der Waals surface area contributed by atoms with E-state index in [-0.39, 0.29) is 12.7 Å². The van der Waals surface area contributed by atoms with Crippen molar-refractivity contribution in [1.29, 1.82) is 0 Å². The van der Waals surface area contributed by atoms with Crippen molar-refractivity contribution in [3.05, 3.63) is 23.8 Å². The van der Waals surface area contributed by atoms with Gasteiger partial charge < -0.3 is 13.7 Å². The lowest BCUT2D eigenvalue weighted by molar-refractivity contribution is 0.137. The minimum atomic E-state index is -1.93. The third-order valence-corrected chi connectivity index (χ3v) is 11.5. The smallest absolute Gasteiger partial charge is 0.494 e. The van der Waals surface area contributed by atoms with Crippen LogP contribution in [0.4, 0.5) is 0 Å². The molecule has 1 aromatic carbocycles.